The van der Waals surface area contributed by atoms with Gasteiger partial charge in [0.05, 0.1) is 0 Å². The first-order valence-corrected chi connectivity index (χ1v) is 4.74. The zero-order valence-corrected chi connectivity index (χ0v) is 7.12. The fourth-order valence-electron chi connectivity index (χ4n) is 0.680. The molecule has 13 heavy (non-hydrogen) atoms. The van der Waals surface area contributed by atoms with Crippen LogP contribution in [0.4, 0.5) is 8.78 Å². The summed E-state index contributed by atoms with van der Waals surface area (Å²) in [5.74, 6) is -0.718. The summed E-state index contributed by atoms with van der Waals surface area (Å²) in [6.07, 6.45) is 2.66. The first kappa shape index (κ1) is 10.1. The standard InChI is InChI=1S/C5H6F2N2O3S/c6-5(7)12-13(10,11)4-9-3-1-2-8-9/h1-3,5H,4H2. The number of alkyl halides is 2. The Kier molecular flexibility index (Phi) is 2.94. The van der Waals surface area contributed by atoms with Crippen molar-refractivity contribution in [2.75, 3.05) is 0 Å². The van der Waals surface area contributed by atoms with Crippen LogP contribution in [0.3, 0.4) is 0 Å². The summed E-state index contributed by atoms with van der Waals surface area (Å²) in [7, 11) is -4.25. The van der Waals surface area contributed by atoms with E-state index in [1.807, 2.05) is 0 Å². The average Bonchev–Trinajstić information content (AvgIpc) is 2.34. The molecule has 1 aromatic heterocycles. The van der Waals surface area contributed by atoms with Gasteiger partial charge in [-0.2, -0.15) is 22.3 Å². The molecule has 1 aromatic rings. The Labute approximate surface area is 73.0 Å². The topological polar surface area (TPSA) is 61.2 Å². The average molecular weight is 212 g/mol. The van der Waals surface area contributed by atoms with Gasteiger partial charge in [0.15, 0.2) is 5.88 Å². The Hall–Kier alpha value is -1.02. The molecule has 0 unspecified atom stereocenters. The minimum atomic E-state index is -4.25. The van der Waals surface area contributed by atoms with Crippen LogP contribution >= 0.6 is 0 Å². The zero-order chi connectivity index (χ0) is 9.90. The Morgan fingerprint density at radius 2 is 2.23 bits per heavy atom. The van der Waals surface area contributed by atoms with Gasteiger partial charge in [-0.1, -0.05) is 0 Å². The lowest BCUT2D eigenvalue weighted by molar-refractivity contribution is -0.0451. The third-order valence-electron chi connectivity index (χ3n) is 1.07. The zero-order valence-electron chi connectivity index (χ0n) is 6.30. The maximum atomic E-state index is 11.5. The summed E-state index contributed by atoms with van der Waals surface area (Å²) in [5, 5.41) is 3.52. The predicted molar refractivity (Wildman–Crippen MR) is 38.2 cm³/mol. The van der Waals surface area contributed by atoms with E-state index in [-0.39, 0.29) is 0 Å². The number of halogens is 2. The fourth-order valence-corrected chi connectivity index (χ4v) is 1.44. The van der Waals surface area contributed by atoms with E-state index in [4.69, 9.17) is 0 Å². The molecule has 1 rings (SSSR count). The summed E-state index contributed by atoms with van der Waals surface area (Å²) in [5.41, 5.74) is 0. The van der Waals surface area contributed by atoms with Crippen molar-refractivity contribution in [3.05, 3.63) is 18.5 Å². The smallest absolute Gasteiger partial charge is 0.255 e. The lowest BCUT2D eigenvalue weighted by Gasteiger charge is -2.03. The first-order chi connectivity index (χ1) is 5.99. The molecule has 0 atom stereocenters. The summed E-state index contributed by atoms with van der Waals surface area (Å²) < 4.78 is 48.9. The lowest BCUT2D eigenvalue weighted by atomic mass is 10.8. The molecule has 0 radical (unpaired) electrons. The SMILES string of the molecule is O=S(=O)(Cn1cccn1)OC(F)F. The molecule has 8 heteroatoms. The van der Waals surface area contributed by atoms with Crippen molar-refractivity contribution in [3.63, 3.8) is 0 Å². The van der Waals surface area contributed by atoms with E-state index in [1.54, 1.807) is 0 Å². The molecule has 1 heterocycles. The highest BCUT2D eigenvalue weighted by molar-refractivity contribution is 7.85. The number of hydrogen-bond acceptors (Lipinski definition) is 4. The van der Waals surface area contributed by atoms with E-state index in [1.165, 1.54) is 18.5 Å². The minimum absolute atomic E-state index is 0.718. The van der Waals surface area contributed by atoms with Crippen molar-refractivity contribution in [2.45, 2.75) is 12.5 Å². The summed E-state index contributed by atoms with van der Waals surface area (Å²) in [6, 6.07) is 1.47. The first-order valence-electron chi connectivity index (χ1n) is 3.16. The molecule has 0 aromatic carbocycles. The summed E-state index contributed by atoms with van der Waals surface area (Å²) >= 11 is 0. The number of rotatable bonds is 4. The second kappa shape index (κ2) is 3.79. The van der Waals surface area contributed by atoms with Gasteiger partial charge in [-0.15, -0.1) is 0 Å². The molecular formula is C5H6F2N2O3S. The normalized spacial score (nSPS) is 12.2. The molecule has 0 bridgehead atoms. The highest BCUT2D eigenvalue weighted by Gasteiger charge is 2.18. The Balaban J connectivity index is 2.63. The number of aromatic nitrogens is 2. The van der Waals surface area contributed by atoms with Crippen molar-refractivity contribution < 1.29 is 21.4 Å². The molecule has 0 spiro atoms. The van der Waals surface area contributed by atoms with Crippen LogP contribution in [0, 0.1) is 0 Å². The predicted octanol–water partition coefficient (Wildman–Crippen LogP) is 0.410. The molecular weight excluding hydrogens is 206 g/mol. The van der Waals surface area contributed by atoms with Gasteiger partial charge in [0.1, 0.15) is 0 Å². The van der Waals surface area contributed by atoms with Gasteiger partial charge < -0.3 is 0 Å². The molecule has 0 aliphatic carbocycles. The highest BCUT2D eigenvalue weighted by atomic mass is 32.2. The van der Waals surface area contributed by atoms with Crippen LogP contribution in [0.1, 0.15) is 0 Å². The molecule has 0 N–H and O–H groups in total. The van der Waals surface area contributed by atoms with E-state index >= 15 is 0 Å². The monoisotopic (exact) mass is 212 g/mol. The molecule has 5 nitrogen and oxygen atoms in total. The minimum Gasteiger partial charge on any atom is -0.255 e. The van der Waals surface area contributed by atoms with Gasteiger partial charge in [-0.05, 0) is 6.07 Å². The number of hydrogen-bond donors (Lipinski definition) is 0. The van der Waals surface area contributed by atoms with Crippen LogP contribution in [0.5, 0.6) is 0 Å². The van der Waals surface area contributed by atoms with Gasteiger partial charge >= 0.3 is 6.61 Å². The van der Waals surface area contributed by atoms with Crippen LogP contribution < -0.4 is 0 Å². The van der Waals surface area contributed by atoms with Crippen molar-refractivity contribution in [3.8, 4) is 0 Å². The van der Waals surface area contributed by atoms with Gasteiger partial charge in [-0.3, -0.25) is 4.68 Å². The molecule has 0 saturated carbocycles. The third-order valence-corrected chi connectivity index (χ3v) is 2.09. The Morgan fingerprint density at radius 3 is 2.69 bits per heavy atom. The summed E-state index contributed by atoms with van der Waals surface area (Å²) in [4.78, 5) is 0. The van der Waals surface area contributed by atoms with Gasteiger partial charge in [-0.25, -0.2) is 4.18 Å². The fraction of sp³-hybridized carbons (Fsp3) is 0.400. The molecule has 74 valence electrons. The van der Waals surface area contributed by atoms with Crippen LogP contribution in [-0.4, -0.2) is 24.8 Å². The Morgan fingerprint density at radius 1 is 1.54 bits per heavy atom. The van der Waals surface area contributed by atoms with Crippen molar-refractivity contribution in [1.29, 1.82) is 0 Å². The van der Waals surface area contributed by atoms with Crippen molar-refractivity contribution >= 4 is 10.1 Å². The van der Waals surface area contributed by atoms with E-state index in [9.17, 15) is 17.2 Å². The van der Waals surface area contributed by atoms with Crippen LogP contribution in [0.25, 0.3) is 0 Å². The van der Waals surface area contributed by atoms with Gasteiger partial charge in [0, 0.05) is 12.4 Å². The van der Waals surface area contributed by atoms with Crippen molar-refractivity contribution in [2.24, 2.45) is 0 Å². The Bertz CT molecular complexity index is 348. The van der Waals surface area contributed by atoms with Crippen molar-refractivity contribution in [1.82, 2.24) is 9.78 Å². The van der Waals surface area contributed by atoms with Crippen LogP contribution in [0.15, 0.2) is 18.5 Å². The lowest BCUT2D eigenvalue weighted by Crippen LogP contribution is -2.16. The van der Waals surface area contributed by atoms with Gasteiger partial charge in [0.2, 0.25) is 0 Å². The maximum Gasteiger partial charge on any atom is 0.359 e. The van der Waals surface area contributed by atoms with Crippen LogP contribution in [0.2, 0.25) is 0 Å². The second-order valence-corrected chi connectivity index (χ2v) is 3.66. The van der Waals surface area contributed by atoms with Gasteiger partial charge in [0.25, 0.3) is 10.1 Å². The molecule has 0 amide bonds. The second-order valence-electron chi connectivity index (χ2n) is 2.09. The quantitative estimate of drug-likeness (QED) is 0.678. The third kappa shape index (κ3) is 3.47. The molecule has 0 saturated heterocycles. The van der Waals surface area contributed by atoms with Crippen LogP contribution in [-0.2, 0) is 20.2 Å². The summed E-state index contributed by atoms with van der Waals surface area (Å²) in [6.45, 7) is -3.33. The van der Waals surface area contributed by atoms with E-state index in [2.05, 4.69) is 9.28 Å². The van der Waals surface area contributed by atoms with E-state index in [0.717, 1.165) is 4.68 Å². The van der Waals surface area contributed by atoms with E-state index in [0.29, 0.717) is 0 Å². The molecule has 0 aliphatic rings. The highest BCUT2D eigenvalue weighted by Crippen LogP contribution is 2.04. The molecule has 0 fully saturated rings. The molecule has 0 aliphatic heterocycles. The number of nitrogens with zero attached hydrogens (tertiary/aromatic N) is 2. The van der Waals surface area contributed by atoms with E-state index < -0.39 is 22.6 Å². The largest absolute Gasteiger partial charge is 0.359 e. The maximum absolute atomic E-state index is 11.5.